The van der Waals surface area contributed by atoms with Crippen LogP contribution in [0.5, 0.6) is 0 Å². The summed E-state index contributed by atoms with van der Waals surface area (Å²) >= 11 is 0. The maximum absolute atomic E-state index is 6.25. The van der Waals surface area contributed by atoms with Crippen LogP contribution in [0.15, 0.2) is 0 Å². The average molecular weight is 297 g/mol. The van der Waals surface area contributed by atoms with E-state index in [0.29, 0.717) is 0 Å². The van der Waals surface area contributed by atoms with Crippen LogP contribution in [0.3, 0.4) is 0 Å². The molecule has 0 heterocycles. The van der Waals surface area contributed by atoms with E-state index >= 15 is 0 Å². The highest BCUT2D eigenvalue weighted by Crippen LogP contribution is 2.20. The molecule has 98 valence electrons. The molecule has 0 aromatic rings. The van der Waals surface area contributed by atoms with Gasteiger partial charge in [0.05, 0.1) is 0 Å². The summed E-state index contributed by atoms with van der Waals surface area (Å²) in [6.45, 7) is 17.5. The Labute approximate surface area is 106 Å². The summed E-state index contributed by atoms with van der Waals surface area (Å²) in [4.78, 5) is 0. The molecule has 2 unspecified atom stereocenters. The molecule has 0 aromatic heterocycles. The van der Waals surface area contributed by atoms with Gasteiger partial charge in [0, 0.05) is 0 Å². The van der Waals surface area contributed by atoms with Crippen molar-refractivity contribution >= 4 is 35.2 Å². The summed E-state index contributed by atoms with van der Waals surface area (Å²) < 4.78 is 18.3. The second kappa shape index (κ2) is 6.62. The number of hydrogen-bond acceptors (Lipinski definition) is 3. The lowest BCUT2D eigenvalue weighted by Gasteiger charge is -2.35. The smallest absolute Gasteiger partial charge is 0.315 e. The molecule has 0 radical (unpaired) electrons. The van der Waals surface area contributed by atoms with Crippen molar-refractivity contribution in [2.24, 2.45) is 0 Å². The van der Waals surface area contributed by atoms with Crippen molar-refractivity contribution in [3.63, 3.8) is 0 Å². The van der Waals surface area contributed by atoms with Gasteiger partial charge in [-0.05, 0) is 51.9 Å². The first-order chi connectivity index (χ1) is 7.08. The molecule has 0 N–H and O–H groups in total. The minimum atomic E-state index is -1.97. The van der Waals surface area contributed by atoms with Crippen molar-refractivity contribution < 1.29 is 12.3 Å². The zero-order valence-electron chi connectivity index (χ0n) is 12.1. The maximum Gasteiger partial charge on any atom is 0.315 e. The first-order valence-electron chi connectivity index (χ1n) is 6.11. The van der Waals surface area contributed by atoms with Crippen molar-refractivity contribution in [2.75, 3.05) is 0 Å². The Hall–Kier alpha value is 0.748. The molecule has 7 heteroatoms. The molecular weight excluding hydrogens is 268 g/mol. The monoisotopic (exact) mass is 296 g/mol. The quantitative estimate of drug-likeness (QED) is 0.676. The molecule has 0 aliphatic heterocycles. The molecular formula is C9H28O3Si4. The molecule has 0 saturated heterocycles. The van der Waals surface area contributed by atoms with Crippen LogP contribution in [-0.2, 0) is 12.3 Å². The third-order valence-corrected chi connectivity index (χ3v) is 14.5. The highest BCUT2D eigenvalue weighted by molar-refractivity contribution is 6.84. The Bertz CT molecular complexity index is 207. The highest BCUT2D eigenvalue weighted by Gasteiger charge is 2.36. The Balaban J connectivity index is 4.36. The predicted molar refractivity (Wildman–Crippen MR) is 80.6 cm³/mol. The number of hydrogen-bond donors (Lipinski definition) is 0. The first-order valence-corrected chi connectivity index (χ1v) is 16.9. The van der Waals surface area contributed by atoms with E-state index in [1.807, 2.05) is 0 Å². The number of rotatable bonds is 7. The van der Waals surface area contributed by atoms with Crippen molar-refractivity contribution in [3.8, 4) is 0 Å². The van der Waals surface area contributed by atoms with E-state index in [0.717, 1.165) is 6.04 Å². The lowest BCUT2D eigenvalue weighted by molar-refractivity contribution is 0.349. The SMILES string of the molecule is CC[Si](C)(O[SiH](C)O[SiH](C)C)O[Si](C)(C)C. The van der Waals surface area contributed by atoms with Gasteiger partial charge in [0.1, 0.15) is 0 Å². The van der Waals surface area contributed by atoms with Crippen molar-refractivity contribution in [2.45, 2.75) is 58.8 Å². The highest BCUT2D eigenvalue weighted by atomic mass is 28.5. The Morgan fingerprint density at radius 2 is 1.50 bits per heavy atom. The normalized spacial score (nSPS) is 18.6. The molecule has 0 aliphatic carbocycles. The van der Waals surface area contributed by atoms with E-state index in [1.54, 1.807) is 0 Å². The third-order valence-electron chi connectivity index (χ3n) is 2.04. The molecule has 0 rings (SSSR count). The standard InChI is InChI=1S/C9H28O3Si4/c1-9-16(8,12-15(5,6)7)11-14(4)10-13(2)3/h13-14H,9H2,1-8H3. The largest absolute Gasteiger partial charge is 0.442 e. The predicted octanol–water partition coefficient (Wildman–Crippen LogP) is 2.80. The van der Waals surface area contributed by atoms with E-state index < -0.39 is 35.2 Å². The van der Waals surface area contributed by atoms with Gasteiger partial charge in [-0.15, -0.1) is 0 Å². The minimum absolute atomic E-state index is 0.967. The van der Waals surface area contributed by atoms with Crippen LogP contribution in [-0.4, -0.2) is 35.2 Å². The second-order valence-electron chi connectivity index (χ2n) is 5.57. The Morgan fingerprint density at radius 1 is 1.00 bits per heavy atom. The fraction of sp³-hybridized carbons (Fsp3) is 1.00. The maximum atomic E-state index is 6.25. The van der Waals surface area contributed by atoms with Gasteiger partial charge >= 0.3 is 8.56 Å². The van der Waals surface area contributed by atoms with Crippen LogP contribution in [0.2, 0.25) is 51.9 Å². The summed E-state index contributed by atoms with van der Waals surface area (Å²) in [6, 6.07) is 1.01. The van der Waals surface area contributed by atoms with Crippen molar-refractivity contribution in [3.05, 3.63) is 0 Å². The Kier molecular flexibility index (Phi) is 6.93. The van der Waals surface area contributed by atoms with Gasteiger partial charge in [-0.3, -0.25) is 0 Å². The molecule has 0 aromatic carbocycles. The molecule has 0 fully saturated rings. The molecule has 0 aliphatic rings. The van der Waals surface area contributed by atoms with Crippen molar-refractivity contribution in [1.82, 2.24) is 0 Å². The lowest BCUT2D eigenvalue weighted by Crippen LogP contribution is -2.50. The van der Waals surface area contributed by atoms with E-state index in [9.17, 15) is 0 Å². The zero-order valence-corrected chi connectivity index (χ0v) is 16.4. The zero-order chi connectivity index (χ0) is 13.0. The van der Waals surface area contributed by atoms with Crippen LogP contribution in [0.25, 0.3) is 0 Å². The summed E-state index contributed by atoms with van der Waals surface area (Å²) in [5, 5.41) is 0. The van der Waals surface area contributed by atoms with Crippen LogP contribution in [0.4, 0.5) is 0 Å². The van der Waals surface area contributed by atoms with Gasteiger partial charge in [-0.2, -0.15) is 0 Å². The van der Waals surface area contributed by atoms with Gasteiger partial charge < -0.3 is 12.3 Å². The van der Waals surface area contributed by atoms with Crippen LogP contribution < -0.4 is 0 Å². The second-order valence-corrected chi connectivity index (χ2v) is 18.9. The van der Waals surface area contributed by atoms with Gasteiger partial charge in [-0.1, -0.05) is 6.92 Å². The fourth-order valence-corrected chi connectivity index (χ4v) is 15.2. The summed E-state index contributed by atoms with van der Waals surface area (Å²) in [6.07, 6.45) is 0. The van der Waals surface area contributed by atoms with Gasteiger partial charge in [-0.25, -0.2) is 0 Å². The summed E-state index contributed by atoms with van der Waals surface area (Å²) in [5.41, 5.74) is 0. The molecule has 16 heavy (non-hydrogen) atoms. The third kappa shape index (κ3) is 7.93. The van der Waals surface area contributed by atoms with E-state index in [-0.39, 0.29) is 0 Å². The van der Waals surface area contributed by atoms with Gasteiger partial charge in [0.2, 0.25) is 0 Å². The van der Waals surface area contributed by atoms with Gasteiger partial charge in [0.25, 0.3) is 9.28 Å². The minimum Gasteiger partial charge on any atom is -0.442 e. The molecule has 0 spiro atoms. The first kappa shape index (κ1) is 16.7. The molecule has 3 nitrogen and oxygen atoms in total. The Morgan fingerprint density at radius 3 is 1.81 bits per heavy atom. The molecule has 0 saturated carbocycles. The van der Waals surface area contributed by atoms with Gasteiger partial charge in [0.15, 0.2) is 17.4 Å². The topological polar surface area (TPSA) is 27.7 Å². The van der Waals surface area contributed by atoms with E-state index in [1.165, 1.54) is 0 Å². The lowest BCUT2D eigenvalue weighted by atomic mass is 11.0. The van der Waals surface area contributed by atoms with E-state index in [4.69, 9.17) is 12.3 Å². The van der Waals surface area contributed by atoms with Crippen molar-refractivity contribution in [1.29, 1.82) is 0 Å². The average Bonchev–Trinajstić information content (AvgIpc) is 1.98. The molecule has 0 bridgehead atoms. The molecule has 2 atom stereocenters. The van der Waals surface area contributed by atoms with Crippen LogP contribution >= 0.6 is 0 Å². The summed E-state index contributed by atoms with van der Waals surface area (Å²) in [7, 11) is -5.91. The van der Waals surface area contributed by atoms with Crippen LogP contribution in [0, 0.1) is 0 Å². The molecule has 0 amide bonds. The van der Waals surface area contributed by atoms with Crippen LogP contribution in [0.1, 0.15) is 6.92 Å². The summed E-state index contributed by atoms with van der Waals surface area (Å²) in [5.74, 6) is 0. The fourth-order valence-electron chi connectivity index (χ4n) is 1.59. The van der Waals surface area contributed by atoms with E-state index in [2.05, 4.69) is 52.8 Å².